The Kier molecular flexibility index (Phi) is 2.16. The molecule has 0 radical (unpaired) electrons. The molecule has 0 aliphatic heterocycles. The van der Waals surface area contributed by atoms with Crippen molar-refractivity contribution in [2.24, 2.45) is 0 Å². The molecule has 0 aliphatic rings. The van der Waals surface area contributed by atoms with Crippen LogP contribution in [0.2, 0.25) is 0 Å². The maximum Gasteiger partial charge on any atom is 0.236 e. The summed E-state index contributed by atoms with van der Waals surface area (Å²) >= 11 is 0. The zero-order valence-corrected chi connectivity index (χ0v) is 9.16. The van der Waals surface area contributed by atoms with E-state index in [1.165, 1.54) is 10.2 Å². The highest BCUT2D eigenvalue weighted by atomic mass is 32.2. The summed E-state index contributed by atoms with van der Waals surface area (Å²) in [7, 11) is -3.23. The van der Waals surface area contributed by atoms with E-state index in [9.17, 15) is 8.42 Å². The molecule has 78 valence electrons. The molecule has 15 heavy (non-hydrogen) atoms. The number of aromatic nitrogens is 1. The molecule has 0 aliphatic carbocycles. The lowest BCUT2D eigenvalue weighted by atomic mass is 10.2. The van der Waals surface area contributed by atoms with E-state index < -0.39 is 10.0 Å². The molecule has 0 N–H and O–H groups in total. The molecule has 0 fully saturated rings. The number of rotatable bonds is 2. The Hall–Kier alpha value is -1.55. The van der Waals surface area contributed by atoms with Crippen LogP contribution in [-0.2, 0) is 10.0 Å². The van der Waals surface area contributed by atoms with Gasteiger partial charge in [0.25, 0.3) is 0 Å². The Bertz CT molecular complexity index is 623. The molecule has 0 atom stereocenters. The lowest BCUT2D eigenvalue weighted by molar-refractivity contribution is 0.595. The van der Waals surface area contributed by atoms with Crippen molar-refractivity contribution in [1.82, 2.24) is 3.97 Å². The topological polar surface area (TPSA) is 39.1 Å². The first kappa shape index (κ1) is 9.98. The summed E-state index contributed by atoms with van der Waals surface area (Å²) in [5.74, 6) is 0. The van der Waals surface area contributed by atoms with E-state index >= 15 is 0 Å². The summed E-state index contributed by atoms with van der Waals surface area (Å²) < 4.78 is 24.2. The molecule has 1 aromatic heterocycles. The van der Waals surface area contributed by atoms with Crippen LogP contribution < -0.4 is 0 Å². The van der Waals surface area contributed by atoms with Gasteiger partial charge in [0, 0.05) is 11.6 Å². The third-order valence-corrected chi connectivity index (χ3v) is 3.31. The minimum absolute atomic E-state index is 0.690. The van der Waals surface area contributed by atoms with Gasteiger partial charge in [-0.2, -0.15) is 0 Å². The van der Waals surface area contributed by atoms with E-state index in [2.05, 4.69) is 6.58 Å². The van der Waals surface area contributed by atoms with Gasteiger partial charge < -0.3 is 0 Å². The van der Waals surface area contributed by atoms with Crippen LogP contribution in [0.5, 0.6) is 0 Å². The third-order valence-electron chi connectivity index (χ3n) is 2.27. The summed E-state index contributed by atoms with van der Waals surface area (Å²) in [6, 6.07) is 7.38. The summed E-state index contributed by atoms with van der Waals surface area (Å²) in [4.78, 5) is 0. The van der Waals surface area contributed by atoms with E-state index in [0.717, 1.165) is 10.9 Å². The Morgan fingerprint density at radius 3 is 2.67 bits per heavy atom. The van der Waals surface area contributed by atoms with Gasteiger partial charge in [0.15, 0.2) is 0 Å². The minimum atomic E-state index is -3.23. The third kappa shape index (κ3) is 1.68. The molecule has 0 saturated heterocycles. The molecule has 1 aromatic carbocycles. The lowest BCUT2D eigenvalue weighted by Crippen LogP contribution is -2.07. The van der Waals surface area contributed by atoms with Gasteiger partial charge in [0.1, 0.15) is 0 Å². The highest BCUT2D eigenvalue weighted by Crippen LogP contribution is 2.19. The number of benzene rings is 1. The van der Waals surface area contributed by atoms with Crippen LogP contribution in [0.3, 0.4) is 0 Å². The van der Waals surface area contributed by atoms with Crippen LogP contribution in [0.25, 0.3) is 17.0 Å². The maximum absolute atomic E-state index is 11.4. The summed E-state index contributed by atoms with van der Waals surface area (Å²) in [6.07, 6.45) is 4.44. The Morgan fingerprint density at radius 2 is 2.07 bits per heavy atom. The van der Waals surface area contributed by atoms with Crippen LogP contribution in [-0.4, -0.2) is 18.6 Å². The molecule has 2 aromatic rings. The molecule has 3 nitrogen and oxygen atoms in total. The lowest BCUT2D eigenvalue weighted by Gasteiger charge is -2.02. The SMILES string of the molecule is C=Cc1ccc2ccn(S(C)(=O)=O)c2c1. The van der Waals surface area contributed by atoms with Crippen molar-refractivity contribution in [3.63, 3.8) is 0 Å². The molecule has 0 saturated carbocycles. The van der Waals surface area contributed by atoms with Gasteiger partial charge in [0.05, 0.1) is 11.8 Å². The molecule has 0 amide bonds. The van der Waals surface area contributed by atoms with Crippen molar-refractivity contribution in [3.8, 4) is 0 Å². The smallest absolute Gasteiger partial charge is 0.236 e. The molecule has 4 heteroatoms. The van der Waals surface area contributed by atoms with E-state index in [1.54, 1.807) is 18.3 Å². The first-order chi connectivity index (χ1) is 7.02. The Labute approximate surface area is 88.7 Å². The van der Waals surface area contributed by atoms with Gasteiger partial charge in [0.2, 0.25) is 10.0 Å². The van der Waals surface area contributed by atoms with Crippen LogP contribution in [0.1, 0.15) is 5.56 Å². The number of hydrogen-bond donors (Lipinski definition) is 0. The average Bonchev–Trinajstić information content (AvgIpc) is 2.59. The fourth-order valence-corrected chi connectivity index (χ4v) is 2.33. The van der Waals surface area contributed by atoms with E-state index in [1.807, 2.05) is 18.2 Å². The standard InChI is InChI=1S/C11H11NO2S/c1-3-9-4-5-10-6-7-12(11(10)8-9)15(2,13)14/h3-8H,1H2,2H3. The van der Waals surface area contributed by atoms with Crippen LogP contribution >= 0.6 is 0 Å². The van der Waals surface area contributed by atoms with Crippen LogP contribution in [0.15, 0.2) is 37.0 Å². The first-order valence-corrected chi connectivity index (χ1v) is 6.31. The van der Waals surface area contributed by atoms with E-state index in [4.69, 9.17) is 0 Å². The second-order valence-corrected chi connectivity index (χ2v) is 5.26. The molecule has 0 unspecified atom stereocenters. The van der Waals surface area contributed by atoms with E-state index in [0.29, 0.717) is 5.52 Å². The highest BCUT2D eigenvalue weighted by Gasteiger charge is 2.09. The number of fused-ring (bicyclic) bond motifs is 1. The van der Waals surface area contributed by atoms with Crippen molar-refractivity contribution in [3.05, 3.63) is 42.6 Å². The highest BCUT2D eigenvalue weighted by molar-refractivity contribution is 7.89. The molecule has 2 rings (SSSR count). The molecule has 0 spiro atoms. The molecule has 1 heterocycles. The van der Waals surface area contributed by atoms with Gasteiger partial charge in [-0.15, -0.1) is 0 Å². The van der Waals surface area contributed by atoms with Crippen molar-refractivity contribution in [2.45, 2.75) is 0 Å². The predicted molar refractivity (Wildman–Crippen MR) is 62.3 cm³/mol. The van der Waals surface area contributed by atoms with Crippen molar-refractivity contribution < 1.29 is 8.42 Å². The quantitative estimate of drug-likeness (QED) is 0.779. The van der Waals surface area contributed by atoms with Crippen molar-refractivity contribution in [2.75, 3.05) is 6.26 Å². The van der Waals surface area contributed by atoms with Gasteiger partial charge in [-0.05, 0) is 17.7 Å². The average molecular weight is 221 g/mol. The Balaban J connectivity index is 2.83. The fourth-order valence-electron chi connectivity index (χ4n) is 1.54. The molecular weight excluding hydrogens is 210 g/mol. The monoisotopic (exact) mass is 221 g/mol. The molecular formula is C11H11NO2S. The molecule has 0 bridgehead atoms. The zero-order chi connectivity index (χ0) is 11.1. The van der Waals surface area contributed by atoms with Gasteiger partial charge in [-0.1, -0.05) is 24.8 Å². The van der Waals surface area contributed by atoms with Crippen LogP contribution in [0.4, 0.5) is 0 Å². The van der Waals surface area contributed by atoms with Gasteiger partial charge in [-0.3, -0.25) is 0 Å². The second kappa shape index (κ2) is 3.24. The summed E-state index contributed by atoms with van der Waals surface area (Å²) in [5, 5.41) is 0.908. The van der Waals surface area contributed by atoms with Crippen LogP contribution in [0, 0.1) is 0 Å². The summed E-state index contributed by atoms with van der Waals surface area (Å²) in [6.45, 7) is 3.66. The Morgan fingerprint density at radius 1 is 1.33 bits per heavy atom. The normalized spacial score (nSPS) is 11.8. The van der Waals surface area contributed by atoms with Crippen molar-refractivity contribution in [1.29, 1.82) is 0 Å². The second-order valence-electron chi connectivity index (χ2n) is 3.40. The van der Waals surface area contributed by atoms with Gasteiger partial charge in [-0.25, -0.2) is 12.4 Å². The summed E-state index contributed by atoms with van der Waals surface area (Å²) in [5.41, 5.74) is 1.60. The maximum atomic E-state index is 11.4. The van der Waals surface area contributed by atoms with Gasteiger partial charge >= 0.3 is 0 Å². The fraction of sp³-hybridized carbons (Fsp3) is 0.0909. The predicted octanol–water partition coefficient (Wildman–Crippen LogP) is 2.09. The van der Waals surface area contributed by atoms with Crippen molar-refractivity contribution >= 4 is 27.0 Å². The van der Waals surface area contributed by atoms with E-state index in [-0.39, 0.29) is 0 Å². The minimum Gasteiger partial charge on any atom is -0.245 e. The number of hydrogen-bond acceptors (Lipinski definition) is 2. The zero-order valence-electron chi connectivity index (χ0n) is 8.34. The first-order valence-electron chi connectivity index (χ1n) is 4.46. The number of nitrogens with zero attached hydrogens (tertiary/aromatic N) is 1. The largest absolute Gasteiger partial charge is 0.245 e.